The lowest BCUT2D eigenvalue weighted by Gasteiger charge is -2.14. The topological polar surface area (TPSA) is 81.9 Å². The molecule has 2 aromatic heterocycles. The van der Waals surface area contributed by atoms with Crippen molar-refractivity contribution in [3.63, 3.8) is 0 Å². The van der Waals surface area contributed by atoms with Gasteiger partial charge in [-0.25, -0.2) is 4.98 Å². The summed E-state index contributed by atoms with van der Waals surface area (Å²) in [5.74, 6) is 0.500. The first-order valence-corrected chi connectivity index (χ1v) is 8.73. The molecule has 0 bridgehead atoms. The van der Waals surface area contributed by atoms with Crippen LogP contribution in [0.2, 0.25) is 0 Å². The molecule has 0 radical (unpaired) electrons. The number of hydrogen-bond acceptors (Lipinski definition) is 6. The molecule has 2 aromatic rings. The number of amides is 1. The van der Waals surface area contributed by atoms with Crippen LogP contribution in [0.1, 0.15) is 29.5 Å². The normalized spacial score (nSPS) is 17.6. The Morgan fingerprint density at radius 3 is 3.04 bits per heavy atom. The van der Waals surface area contributed by atoms with Crippen molar-refractivity contribution in [2.75, 3.05) is 18.4 Å². The van der Waals surface area contributed by atoms with Crippen LogP contribution in [0, 0.1) is 17.2 Å². The minimum Gasteiger partial charge on any atom is -0.302 e. The third kappa shape index (κ3) is 4.37. The van der Waals surface area contributed by atoms with Crippen LogP contribution in [-0.4, -0.2) is 33.9 Å². The van der Waals surface area contributed by atoms with Crippen LogP contribution in [-0.2, 0) is 17.8 Å². The van der Waals surface area contributed by atoms with Crippen LogP contribution in [0.4, 0.5) is 5.13 Å². The van der Waals surface area contributed by atoms with Gasteiger partial charge in [0.25, 0.3) is 0 Å². The summed E-state index contributed by atoms with van der Waals surface area (Å²) >= 11 is 1.53. The molecule has 1 aliphatic heterocycles. The van der Waals surface area contributed by atoms with E-state index in [-0.39, 0.29) is 5.91 Å². The number of nitriles is 1. The van der Waals surface area contributed by atoms with Crippen molar-refractivity contribution in [1.29, 1.82) is 5.26 Å². The zero-order valence-corrected chi connectivity index (χ0v) is 14.3. The van der Waals surface area contributed by atoms with E-state index in [9.17, 15) is 4.79 Å². The first-order chi connectivity index (χ1) is 11.6. The summed E-state index contributed by atoms with van der Waals surface area (Å²) in [6.45, 7) is 4.46. The van der Waals surface area contributed by atoms with Gasteiger partial charge in [0.15, 0.2) is 5.13 Å². The van der Waals surface area contributed by atoms with Gasteiger partial charge >= 0.3 is 0 Å². The van der Waals surface area contributed by atoms with Crippen LogP contribution >= 0.6 is 11.3 Å². The SMILES string of the molecule is CC(=O)Nc1ncc(CN2CCC(Cc3ccc(C#N)cn3)C2)s1. The Labute approximate surface area is 145 Å². The Bertz CT molecular complexity index is 749. The average molecular weight is 341 g/mol. The molecule has 124 valence electrons. The number of nitrogens with one attached hydrogen (secondary N) is 1. The molecule has 0 spiro atoms. The number of thiazole rings is 1. The number of hydrogen-bond donors (Lipinski definition) is 1. The van der Waals surface area contributed by atoms with E-state index in [1.54, 1.807) is 6.20 Å². The first kappa shape index (κ1) is 16.6. The molecular formula is C17H19N5OS. The molecule has 1 fully saturated rings. The molecule has 3 heterocycles. The highest BCUT2D eigenvalue weighted by Gasteiger charge is 2.23. The maximum absolute atomic E-state index is 11.0. The van der Waals surface area contributed by atoms with Gasteiger partial charge < -0.3 is 5.32 Å². The van der Waals surface area contributed by atoms with Gasteiger partial charge in [-0.05, 0) is 37.4 Å². The Balaban J connectivity index is 1.50. The summed E-state index contributed by atoms with van der Waals surface area (Å²) in [6.07, 6.45) is 5.58. The monoisotopic (exact) mass is 341 g/mol. The summed E-state index contributed by atoms with van der Waals surface area (Å²) < 4.78 is 0. The number of nitrogens with zero attached hydrogens (tertiary/aromatic N) is 4. The Hall–Kier alpha value is -2.30. The highest BCUT2D eigenvalue weighted by Crippen LogP contribution is 2.25. The summed E-state index contributed by atoms with van der Waals surface area (Å²) in [4.78, 5) is 23.2. The summed E-state index contributed by atoms with van der Waals surface area (Å²) in [5, 5.41) is 12.2. The van der Waals surface area contributed by atoms with Crippen LogP contribution in [0.5, 0.6) is 0 Å². The van der Waals surface area contributed by atoms with Gasteiger partial charge in [0.05, 0.1) is 5.56 Å². The number of pyridine rings is 1. The maximum atomic E-state index is 11.0. The van der Waals surface area contributed by atoms with E-state index < -0.39 is 0 Å². The minimum atomic E-state index is -0.0907. The fraction of sp³-hybridized carbons (Fsp3) is 0.412. The van der Waals surface area contributed by atoms with Crippen LogP contribution < -0.4 is 5.32 Å². The van der Waals surface area contributed by atoms with Crippen LogP contribution in [0.15, 0.2) is 24.5 Å². The van der Waals surface area contributed by atoms with Crippen LogP contribution in [0.3, 0.4) is 0 Å². The molecule has 6 nitrogen and oxygen atoms in total. The second kappa shape index (κ2) is 7.51. The molecule has 7 heteroatoms. The van der Waals surface area contributed by atoms with Gasteiger partial charge in [-0.2, -0.15) is 5.26 Å². The highest BCUT2D eigenvalue weighted by atomic mass is 32.1. The Morgan fingerprint density at radius 1 is 1.46 bits per heavy atom. The fourth-order valence-corrected chi connectivity index (χ4v) is 3.84. The molecule has 0 aliphatic carbocycles. The fourth-order valence-electron chi connectivity index (χ4n) is 2.94. The van der Waals surface area contributed by atoms with Crippen molar-refractivity contribution in [2.45, 2.75) is 26.3 Å². The summed E-state index contributed by atoms with van der Waals surface area (Å²) in [5.41, 5.74) is 1.65. The molecule has 1 unspecified atom stereocenters. The van der Waals surface area contributed by atoms with Gasteiger partial charge in [-0.15, -0.1) is 11.3 Å². The smallest absolute Gasteiger partial charge is 0.223 e. The molecule has 1 aliphatic rings. The van der Waals surface area contributed by atoms with Crippen molar-refractivity contribution in [1.82, 2.24) is 14.9 Å². The first-order valence-electron chi connectivity index (χ1n) is 7.92. The molecule has 0 aromatic carbocycles. The molecule has 1 saturated heterocycles. The van der Waals surface area contributed by atoms with Crippen molar-refractivity contribution in [2.24, 2.45) is 5.92 Å². The van der Waals surface area contributed by atoms with Crippen LogP contribution in [0.25, 0.3) is 0 Å². The second-order valence-corrected chi connectivity index (χ2v) is 7.17. The lowest BCUT2D eigenvalue weighted by Crippen LogP contribution is -2.20. The zero-order valence-electron chi connectivity index (χ0n) is 13.5. The number of aromatic nitrogens is 2. The molecule has 1 atom stereocenters. The lowest BCUT2D eigenvalue weighted by molar-refractivity contribution is -0.114. The molecule has 0 saturated carbocycles. The molecule has 1 amide bonds. The lowest BCUT2D eigenvalue weighted by atomic mass is 10.0. The number of carbonyl (C=O) groups excluding carboxylic acids is 1. The van der Waals surface area contributed by atoms with E-state index in [1.165, 1.54) is 18.3 Å². The summed E-state index contributed by atoms with van der Waals surface area (Å²) in [6, 6.07) is 5.87. The van der Waals surface area contributed by atoms with E-state index in [2.05, 4.69) is 26.3 Å². The van der Waals surface area contributed by atoms with Gasteiger partial charge in [0.2, 0.25) is 5.91 Å². The number of rotatable bonds is 5. The highest BCUT2D eigenvalue weighted by molar-refractivity contribution is 7.15. The van der Waals surface area contributed by atoms with Gasteiger partial charge in [-0.1, -0.05) is 0 Å². The Morgan fingerprint density at radius 2 is 2.33 bits per heavy atom. The average Bonchev–Trinajstić information content (AvgIpc) is 3.17. The zero-order chi connectivity index (χ0) is 16.9. The van der Waals surface area contributed by atoms with Crippen molar-refractivity contribution in [3.8, 4) is 6.07 Å². The number of carbonyl (C=O) groups is 1. The maximum Gasteiger partial charge on any atom is 0.223 e. The largest absolute Gasteiger partial charge is 0.302 e. The third-order valence-electron chi connectivity index (χ3n) is 4.04. The molecule has 1 N–H and O–H groups in total. The standard InChI is InChI=1S/C17H19N5OS/c1-12(23)21-17-20-9-16(24-17)11-22-5-4-13(10-22)6-15-3-2-14(7-18)8-19-15/h2-3,8-9,13H,4-6,10-11H2,1H3,(H,20,21,23). The minimum absolute atomic E-state index is 0.0907. The predicted molar refractivity (Wildman–Crippen MR) is 92.5 cm³/mol. The van der Waals surface area contributed by atoms with Gasteiger partial charge in [0.1, 0.15) is 6.07 Å². The Kier molecular flexibility index (Phi) is 5.18. The van der Waals surface area contributed by atoms with E-state index >= 15 is 0 Å². The van der Waals surface area contributed by atoms with E-state index in [4.69, 9.17) is 5.26 Å². The molecule has 24 heavy (non-hydrogen) atoms. The third-order valence-corrected chi connectivity index (χ3v) is 4.94. The number of likely N-dealkylation sites (tertiary alicyclic amines) is 1. The van der Waals surface area contributed by atoms with Crippen molar-refractivity contribution < 1.29 is 4.79 Å². The van der Waals surface area contributed by atoms with Gasteiger partial charge in [-0.3, -0.25) is 14.7 Å². The second-order valence-electron chi connectivity index (χ2n) is 6.06. The van der Waals surface area contributed by atoms with E-state index in [1.807, 2.05) is 18.3 Å². The van der Waals surface area contributed by atoms with E-state index in [0.717, 1.165) is 43.0 Å². The van der Waals surface area contributed by atoms with E-state index in [0.29, 0.717) is 16.6 Å². The summed E-state index contributed by atoms with van der Waals surface area (Å²) in [7, 11) is 0. The van der Waals surface area contributed by atoms with Gasteiger partial charge in [0, 0.05) is 43.0 Å². The van der Waals surface area contributed by atoms with Crippen molar-refractivity contribution >= 4 is 22.4 Å². The predicted octanol–water partition coefficient (Wildman–Crippen LogP) is 2.43. The molecule has 3 rings (SSSR count). The van der Waals surface area contributed by atoms with Crippen molar-refractivity contribution in [3.05, 3.63) is 40.7 Å². The quantitative estimate of drug-likeness (QED) is 0.903. The number of anilines is 1. The molecular weight excluding hydrogens is 322 g/mol.